The van der Waals surface area contributed by atoms with Gasteiger partial charge >= 0.3 is 5.97 Å². The molecule has 1 aromatic rings. The van der Waals surface area contributed by atoms with E-state index in [4.69, 9.17) is 5.73 Å². The molecule has 1 aliphatic heterocycles. The largest absolute Gasteiger partial charge is 0.478 e. The van der Waals surface area contributed by atoms with Crippen LogP contribution in [0.15, 0.2) is 0 Å². The summed E-state index contributed by atoms with van der Waals surface area (Å²) in [5.41, 5.74) is 8.76. The molecule has 0 radical (unpaired) electrons. The Labute approximate surface area is 98.3 Å². The zero-order chi connectivity index (χ0) is 11.7. The van der Waals surface area contributed by atoms with Crippen molar-refractivity contribution in [2.24, 2.45) is 0 Å². The van der Waals surface area contributed by atoms with Crippen molar-refractivity contribution in [3.05, 3.63) is 22.4 Å². The van der Waals surface area contributed by atoms with Crippen LogP contribution in [-0.4, -0.2) is 27.6 Å². The molecule has 0 spiro atoms. The van der Waals surface area contributed by atoms with Gasteiger partial charge in [-0.3, -0.25) is 0 Å². The topological polar surface area (TPSA) is 76.2 Å². The van der Waals surface area contributed by atoms with Gasteiger partial charge in [0.05, 0.1) is 0 Å². The Morgan fingerprint density at radius 3 is 2.62 bits per heavy atom. The minimum absolute atomic E-state index is 0.149. The number of aromatic nitrogens is 1. The van der Waals surface area contributed by atoms with Gasteiger partial charge in [-0.15, -0.1) is 0 Å². The maximum Gasteiger partial charge on any atom is 0.339 e. The fourth-order valence-corrected chi connectivity index (χ4v) is 3.03. The van der Waals surface area contributed by atoms with E-state index in [1.54, 1.807) is 0 Å². The third-order valence-electron chi connectivity index (χ3n) is 2.85. The molecule has 0 aliphatic carbocycles. The number of rotatable bonds is 1. The number of nitrogens with zero attached hydrogens (tertiary/aromatic N) is 1. The minimum atomic E-state index is -0.965. The lowest BCUT2D eigenvalue weighted by Gasteiger charge is -2.13. The van der Waals surface area contributed by atoms with Crippen molar-refractivity contribution in [1.29, 1.82) is 0 Å². The number of nitrogens with two attached hydrogens (primary N) is 1. The highest BCUT2D eigenvalue weighted by molar-refractivity contribution is 7.99. The number of carboxylic acids is 1. The summed E-state index contributed by atoms with van der Waals surface area (Å²) in [6.45, 7) is 1.90. The summed E-state index contributed by atoms with van der Waals surface area (Å²) in [7, 11) is 0. The van der Waals surface area contributed by atoms with Crippen molar-refractivity contribution >= 4 is 23.5 Å². The summed E-state index contributed by atoms with van der Waals surface area (Å²) in [4.78, 5) is 15.3. The zero-order valence-corrected chi connectivity index (χ0v) is 9.93. The molecule has 5 heteroatoms. The van der Waals surface area contributed by atoms with Crippen LogP contribution in [0.2, 0.25) is 0 Å². The maximum atomic E-state index is 11.2. The summed E-state index contributed by atoms with van der Waals surface area (Å²) < 4.78 is 0. The number of carboxylic acid groups (broad SMARTS) is 1. The third-order valence-corrected chi connectivity index (χ3v) is 3.84. The Balaban J connectivity index is 2.65. The van der Waals surface area contributed by atoms with E-state index in [1.807, 2.05) is 18.7 Å². The van der Waals surface area contributed by atoms with Gasteiger partial charge in [-0.25, -0.2) is 9.78 Å². The van der Waals surface area contributed by atoms with E-state index in [9.17, 15) is 9.90 Å². The fourth-order valence-electron chi connectivity index (χ4n) is 2.12. The number of anilines is 1. The van der Waals surface area contributed by atoms with E-state index in [0.29, 0.717) is 0 Å². The minimum Gasteiger partial charge on any atom is -0.478 e. The maximum absolute atomic E-state index is 11.2. The quantitative estimate of drug-likeness (QED) is 0.775. The molecule has 0 fully saturated rings. The van der Waals surface area contributed by atoms with Crippen molar-refractivity contribution in [3.8, 4) is 0 Å². The van der Waals surface area contributed by atoms with E-state index >= 15 is 0 Å². The molecule has 2 heterocycles. The Morgan fingerprint density at radius 1 is 1.38 bits per heavy atom. The second kappa shape index (κ2) is 4.33. The summed E-state index contributed by atoms with van der Waals surface area (Å²) in [6, 6.07) is 0. The highest BCUT2D eigenvalue weighted by Gasteiger charge is 2.22. The van der Waals surface area contributed by atoms with Crippen LogP contribution in [0.3, 0.4) is 0 Å². The summed E-state index contributed by atoms with van der Waals surface area (Å²) in [5, 5.41) is 9.18. The fraction of sp³-hybridized carbons (Fsp3) is 0.455. The number of fused-ring (bicyclic) bond motifs is 1. The van der Waals surface area contributed by atoms with E-state index < -0.39 is 5.97 Å². The number of aryl methyl sites for hydroxylation is 1. The van der Waals surface area contributed by atoms with Gasteiger partial charge < -0.3 is 10.8 Å². The molecule has 0 atom stereocenters. The van der Waals surface area contributed by atoms with Gasteiger partial charge in [0.15, 0.2) is 0 Å². The molecule has 4 nitrogen and oxygen atoms in total. The highest BCUT2D eigenvalue weighted by atomic mass is 32.2. The molecular formula is C11H14N2O2S. The van der Waals surface area contributed by atoms with Gasteiger partial charge in [-0.05, 0) is 42.4 Å². The highest BCUT2D eigenvalue weighted by Crippen LogP contribution is 2.28. The lowest BCUT2D eigenvalue weighted by atomic mass is 9.96. The van der Waals surface area contributed by atoms with Crippen molar-refractivity contribution in [3.63, 3.8) is 0 Å². The number of aromatic carboxylic acids is 1. The lowest BCUT2D eigenvalue weighted by Crippen LogP contribution is -2.13. The van der Waals surface area contributed by atoms with Crippen LogP contribution in [0.1, 0.15) is 27.2 Å². The number of carbonyl (C=O) groups is 1. The molecule has 3 N–H and O–H groups in total. The first-order chi connectivity index (χ1) is 7.61. The molecular weight excluding hydrogens is 224 g/mol. The van der Waals surface area contributed by atoms with Crippen molar-refractivity contribution in [2.45, 2.75) is 19.8 Å². The number of hydrogen-bond donors (Lipinski definition) is 2. The average molecular weight is 238 g/mol. The first-order valence-corrected chi connectivity index (χ1v) is 6.35. The van der Waals surface area contributed by atoms with E-state index in [2.05, 4.69) is 4.98 Å². The van der Waals surface area contributed by atoms with Gasteiger partial charge in [-0.2, -0.15) is 11.8 Å². The summed E-state index contributed by atoms with van der Waals surface area (Å²) in [6.07, 6.45) is 1.66. The number of pyridine rings is 1. The molecule has 1 aliphatic rings. The van der Waals surface area contributed by atoms with Crippen LogP contribution in [-0.2, 0) is 12.8 Å². The molecule has 0 aromatic carbocycles. The van der Waals surface area contributed by atoms with Gasteiger partial charge in [-0.1, -0.05) is 0 Å². The van der Waals surface area contributed by atoms with E-state index in [1.165, 1.54) is 0 Å². The van der Waals surface area contributed by atoms with Crippen molar-refractivity contribution < 1.29 is 9.90 Å². The molecule has 0 bridgehead atoms. The predicted molar refractivity (Wildman–Crippen MR) is 65.1 cm³/mol. The molecule has 86 valence electrons. The molecule has 2 rings (SSSR count). The number of nitrogen functional groups attached to an aromatic ring is 1. The van der Waals surface area contributed by atoms with E-state index in [0.717, 1.165) is 41.2 Å². The first-order valence-electron chi connectivity index (χ1n) is 5.20. The zero-order valence-electron chi connectivity index (χ0n) is 9.12. The Hall–Kier alpha value is -1.23. The van der Waals surface area contributed by atoms with Gasteiger partial charge in [0, 0.05) is 5.69 Å². The smallest absolute Gasteiger partial charge is 0.339 e. The standard InChI is InChI=1S/C11H14N2O2S/c1-6-7-2-4-16-5-3-8(7)9(11(14)15)10(12)13-6/h2-5H2,1H3,(H2,12,13)(H,14,15). The van der Waals surface area contributed by atoms with Crippen LogP contribution in [0, 0.1) is 6.92 Å². The van der Waals surface area contributed by atoms with Crippen molar-refractivity contribution in [1.82, 2.24) is 4.98 Å². The summed E-state index contributed by atoms with van der Waals surface area (Å²) >= 11 is 1.85. The number of thioether (sulfide) groups is 1. The Kier molecular flexibility index (Phi) is 3.05. The van der Waals surface area contributed by atoms with Crippen LogP contribution < -0.4 is 5.73 Å². The van der Waals surface area contributed by atoms with Crippen LogP contribution >= 0.6 is 11.8 Å². The SMILES string of the molecule is Cc1nc(N)c(C(=O)O)c2c1CCSCC2. The molecule has 0 unspecified atom stereocenters. The summed E-state index contributed by atoms with van der Waals surface area (Å²) in [5.74, 6) is 1.16. The first kappa shape index (κ1) is 11.3. The van der Waals surface area contributed by atoms with Gasteiger partial charge in [0.2, 0.25) is 0 Å². The average Bonchev–Trinajstić information content (AvgIpc) is 2.42. The van der Waals surface area contributed by atoms with Gasteiger partial charge in [0.25, 0.3) is 0 Å². The second-order valence-corrected chi connectivity index (χ2v) is 5.06. The molecule has 16 heavy (non-hydrogen) atoms. The lowest BCUT2D eigenvalue weighted by molar-refractivity contribution is 0.0696. The molecule has 0 saturated heterocycles. The Bertz CT molecular complexity index is 446. The Morgan fingerprint density at radius 2 is 2.00 bits per heavy atom. The van der Waals surface area contributed by atoms with Crippen molar-refractivity contribution in [2.75, 3.05) is 17.2 Å². The molecule has 0 saturated carbocycles. The predicted octanol–water partition coefficient (Wildman–Crippen LogP) is 1.50. The van der Waals surface area contributed by atoms with Gasteiger partial charge in [0.1, 0.15) is 11.4 Å². The van der Waals surface area contributed by atoms with Crippen LogP contribution in [0.5, 0.6) is 0 Å². The second-order valence-electron chi connectivity index (χ2n) is 3.83. The normalized spacial score (nSPS) is 15.3. The third kappa shape index (κ3) is 1.87. The monoisotopic (exact) mass is 238 g/mol. The van der Waals surface area contributed by atoms with Crippen LogP contribution in [0.4, 0.5) is 5.82 Å². The van der Waals surface area contributed by atoms with Crippen LogP contribution in [0.25, 0.3) is 0 Å². The molecule has 0 amide bonds. The number of hydrogen-bond acceptors (Lipinski definition) is 4. The van der Waals surface area contributed by atoms with E-state index in [-0.39, 0.29) is 11.4 Å². The molecule has 1 aromatic heterocycles.